The number of ether oxygens (including phenoxy) is 2. The molecule has 8 heteroatoms. The third-order valence-corrected chi connectivity index (χ3v) is 5.50. The average molecular weight is 445 g/mol. The van der Waals surface area contributed by atoms with Crippen LogP contribution in [-0.2, 0) is 30.3 Å². The molecule has 0 aliphatic carbocycles. The van der Waals surface area contributed by atoms with Gasteiger partial charge in [-0.15, -0.1) is 0 Å². The number of methoxy groups -OCH3 is 2. The van der Waals surface area contributed by atoms with Crippen molar-refractivity contribution in [2.24, 2.45) is 0 Å². The first-order chi connectivity index (χ1) is 14.8. The summed E-state index contributed by atoms with van der Waals surface area (Å²) < 4.78 is 10.5. The second-order valence-corrected chi connectivity index (χ2v) is 7.81. The van der Waals surface area contributed by atoms with Gasteiger partial charge in [-0.25, -0.2) is 4.90 Å². The quantitative estimate of drug-likeness (QED) is 0.462. The van der Waals surface area contributed by atoms with Crippen molar-refractivity contribution in [3.63, 3.8) is 0 Å². The minimum atomic E-state index is -0.929. The van der Waals surface area contributed by atoms with Gasteiger partial charge in [0.1, 0.15) is 6.04 Å². The second kappa shape index (κ2) is 10.0. The molecule has 1 aliphatic heterocycles. The Morgan fingerprint density at radius 1 is 1.10 bits per heavy atom. The summed E-state index contributed by atoms with van der Waals surface area (Å²) in [5, 5.41) is 0.567. The lowest BCUT2D eigenvalue weighted by atomic mass is 10.1. The predicted octanol–water partition coefficient (Wildman–Crippen LogP) is 2.97. The highest BCUT2D eigenvalue weighted by Gasteiger charge is 2.44. The van der Waals surface area contributed by atoms with Gasteiger partial charge in [-0.3, -0.25) is 14.4 Å². The van der Waals surface area contributed by atoms with Crippen molar-refractivity contribution in [1.82, 2.24) is 4.90 Å². The normalized spacial score (nSPS) is 16.3. The molecule has 2 aromatic carbocycles. The number of benzene rings is 2. The van der Waals surface area contributed by atoms with Crippen LogP contribution in [0, 0.1) is 6.92 Å². The molecule has 0 radical (unpaired) electrons. The number of amides is 3. The molecule has 2 aromatic rings. The minimum Gasteiger partial charge on any atom is -0.354 e. The van der Waals surface area contributed by atoms with Gasteiger partial charge in [-0.05, 0) is 36.8 Å². The molecule has 0 saturated carbocycles. The van der Waals surface area contributed by atoms with Crippen LogP contribution < -0.4 is 4.90 Å². The van der Waals surface area contributed by atoms with Crippen LogP contribution in [0.4, 0.5) is 5.69 Å². The van der Waals surface area contributed by atoms with Gasteiger partial charge in [-0.1, -0.05) is 41.4 Å². The van der Waals surface area contributed by atoms with E-state index in [1.54, 1.807) is 36.4 Å². The summed E-state index contributed by atoms with van der Waals surface area (Å²) in [4.78, 5) is 41.6. The fourth-order valence-electron chi connectivity index (χ4n) is 3.51. The molecule has 0 bridgehead atoms. The van der Waals surface area contributed by atoms with Gasteiger partial charge in [0, 0.05) is 19.2 Å². The summed E-state index contributed by atoms with van der Waals surface area (Å²) in [6, 6.07) is 13.1. The van der Waals surface area contributed by atoms with E-state index in [9.17, 15) is 14.4 Å². The van der Waals surface area contributed by atoms with Crippen molar-refractivity contribution in [3.8, 4) is 0 Å². The molecule has 0 spiro atoms. The van der Waals surface area contributed by atoms with E-state index in [4.69, 9.17) is 21.1 Å². The van der Waals surface area contributed by atoms with Crippen molar-refractivity contribution < 1.29 is 23.9 Å². The van der Waals surface area contributed by atoms with Crippen LogP contribution in [0.5, 0.6) is 0 Å². The number of anilines is 1. The van der Waals surface area contributed by atoms with Crippen molar-refractivity contribution in [3.05, 3.63) is 64.7 Å². The van der Waals surface area contributed by atoms with E-state index in [0.29, 0.717) is 10.7 Å². The zero-order chi connectivity index (χ0) is 22.5. The van der Waals surface area contributed by atoms with E-state index >= 15 is 0 Å². The predicted molar refractivity (Wildman–Crippen MR) is 117 cm³/mol. The summed E-state index contributed by atoms with van der Waals surface area (Å²) in [5.41, 5.74) is 2.25. The van der Waals surface area contributed by atoms with Crippen molar-refractivity contribution in [1.29, 1.82) is 0 Å². The average Bonchev–Trinajstić information content (AvgIpc) is 3.05. The molecule has 3 rings (SSSR count). The molecular weight excluding hydrogens is 420 g/mol. The summed E-state index contributed by atoms with van der Waals surface area (Å²) >= 11 is 5.92. The van der Waals surface area contributed by atoms with E-state index in [2.05, 4.69) is 0 Å². The highest BCUT2D eigenvalue weighted by molar-refractivity contribution is 6.30. The first-order valence-corrected chi connectivity index (χ1v) is 10.2. The number of hydrogen-bond donors (Lipinski definition) is 0. The Hall–Kier alpha value is -2.74. The Balaban J connectivity index is 1.86. The molecule has 1 atom stereocenters. The number of aryl methyl sites for hydroxylation is 1. The van der Waals surface area contributed by atoms with Gasteiger partial charge in [0.05, 0.1) is 25.1 Å². The third-order valence-electron chi connectivity index (χ3n) is 5.25. The smallest absolute Gasteiger partial charge is 0.257 e. The number of carbonyl (C=O) groups is 3. The summed E-state index contributed by atoms with van der Waals surface area (Å²) in [5.74, 6) is -1.10. The van der Waals surface area contributed by atoms with Crippen molar-refractivity contribution in [2.45, 2.75) is 32.1 Å². The van der Waals surface area contributed by atoms with Gasteiger partial charge in [0.2, 0.25) is 11.8 Å². The molecule has 164 valence electrons. The van der Waals surface area contributed by atoms with Gasteiger partial charge >= 0.3 is 0 Å². The van der Waals surface area contributed by atoms with E-state index in [-0.39, 0.29) is 31.2 Å². The van der Waals surface area contributed by atoms with Crippen LogP contribution >= 0.6 is 11.6 Å². The number of rotatable bonds is 8. The molecule has 3 amide bonds. The molecule has 31 heavy (non-hydrogen) atoms. The zero-order valence-electron chi connectivity index (χ0n) is 17.7. The summed E-state index contributed by atoms with van der Waals surface area (Å²) in [6.45, 7) is 1.94. The van der Waals surface area contributed by atoms with Crippen molar-refractivity contribution in [2.75, 3.05) is 25.7 Å². The molecular formula is C23H25ClN2O5. The van der Waals surface area contributed by atoms with Gasteiger partial charge in [0.15, 0.2) is 6.29 Å². The Bertz CT molecular complexity index is 941. The third kappa shape index (κ3) is 5.31. The SMILES string of the molecule is COC(CN(C(=O)Cc1ccc(Cl)cc1)C1CC(=O)N(c2ccc(C)cc2)C1=O)OC. The first kappa shape index (κ1) is 22.9. The van der Waals surface area contributed by atoms with Crippen LogP contribution in [0.15, 0.2) is 48.5 Å². The fraction of sp³-hybridized carbons (Fsp3) is 0.348. The van der Waals surface area contributed by atoms with E-state index in [0.717, 1.165) is 16.0 Å². The standard InChI is InChI=1S/C23H25ClN2O5/c1-15-4-10-18(11-5-15)26-21(28)13-19(23(26)29)25(14-22(30-2)31-3)20(27)12-16-6-8-17(24)9-7-16/h4-11,19,22H,12-14H2,1-3H3. The zero-order valence-corrected chi connectivity index (χ0v) is 18.5. The van der Waals surface area contributed by atoms with Gasteiger partial charge in [0.25, 0.3) is 5.91 Å². The highest BCUT2D eigenvalue weighted by atomic mass is 35.5. The minimum absolute atomic E-state index is 0.0187. The van der Waals surface area contributed by atoms with Crippen molar-refractivity contribution >= 4 is 35.0 Å². The Labute approximate surface area is 186 Å². The molecule has 0 N–H and O–H groups in total. The van der Waals surface area contributed by atoms with Crippen LogP contribution in [0.3, 0.4) is 0 Å². The molecule has 1 fully saturated rings. The van der Waals surface area contributed by atoms with Crippen LogP contribution in [0.1, 0.15) is 17.5 Å². The van der Waals surface area contributed by atoms with Gasteiger partial charge < -0.3 is 14.4 Å². The molecule has 1 heterocycles. The van der Waals surface area contributed by atoms with Crippen LogP contribution in [0.2, 0.25) is 5.02 Å². The Morgan fingerprint density at radius 3 is 2.29 bits per heavy atom. The van der Waals surface area contributed by atoms with E-state index < -0.39 is 18.2 Å². The van der Waals surface area contributed by atoms with Gasteiger partial charge in [-0.2, -0.15) is 0 Å². The maximum absolute atomic E-state index is 13.2. The molecule has 1 saturated heterocycles. The summed E-state index contributed by atoms with van der Waals surface area (Å²) in [7, 11) is 2.91. The second-order valence-electron chi connectivity index (χ2n) is 7.37. The Kier molecular flexibility index (Phi) is 7.43. The maximum atomic E-state index is 13.2. The van der Waals surface area contributed by atoms with Crippen LogP contribution in [0.25, 0.3) is 0 Å². The fourth-order valence-corrected chi connectivity index (χ4v) is 3.64. The topological polar surface area (TPSA) is 76.2 Å². The molecule has 1 aliphatic rings. The number of halogens is 1. The number of hydrogen-bond acceptors (Lipinski definition) is 5. The highest BCUT2D eigenvalue weighted by Crippen LogP contribution is 2.27. The van der Waals surface area contributed by atoms with E-state index in [1.807, 2.05) is 19.1 Å². The molecule has 0 aromatic heterocycles. The lowest BCUT2D eigenvalue weighted by Crippen LogP contribution is -2.49. The number of carbonyl (C=O) groups excluding carboxylic acids is 3. The maximum Gasteiger partial charge on any atom is 0.257 e. The van der Waals surface area contributed by atoms with Crippen LogP contribution in [-0.4, -0.2) is 55.7 Å². The molecule has 7 nitrogen and oxygen atoms in total. The largest absolute Gasteiger partial charge is 0.354 e. The van der Waals surface area contributed by atoms with E-state index in [1.165, 1.54) is 19.1 Å². The summed E-state index contributed by atoms with van der Waals surface area (Å²) in [6.07, 6.45) is -0.774. The molecule has 1 unspecified atom stereocenters. The monoisotopic (exact) mass is 444 g/mol. The first-order valence-electron chi connectivity index (χ1n) is 9.87. The number of imide groups is 1. The number of nitrogens with zero attached hydrogens (tertiary/aromatic N) is 2. The lowest BCUT2D eigenvalue weighted by molar-refractivity contribution is -0.152. The lowest BCUT2D eigenvalue weighted by Gasteiger charge is -2.30. The Morgan fingerprint density at radius 2 is 1.71 bits per heavy atom.